The fraction of sp³-hybridized carbons (Fsp3) is 0.444. The van der Waals surface area contributed by atoms with E-state index in [0.717, 1.165) is 52.1 Å². The summed E-state index contributed by atoms with van der Waals surface area (Å²) in [5, 5.41) is 6.55. The zero-order chi connectivity index (χ0) is 26.7. The number of rotatable bonds is 12. The van der Waals surface area contributed by atoms with Crippen LogP contribution in [0, 0.1) is 0 Å². The number of unbranched alkanes of at least 4 members (excludes halogenated alkanes) is 1. The van der Waals surface area contributed by atoms with Gasteiger partial charge in [0.15, 0.2) is 11.5 Å². The number of benzene rings is 2. The topological polar surface area (TPSA) is 107 Å². The van der Waals surface area contributed by atoms with Crippen LogP contribution in [-0.4, -0.2) is 74.0 Å². The Hall–Kier alpha value is -3.34. The van der Waals surface area contributed by atoms with Crippen molar-refractivity contribution in [3.05, 3.63) is 41.7 Å². The fourth-order valence-corrected chi connectivity index (χ4v) is 4.22. The third kappa shape index (κ3) is 7.59. The van der Waals surface area contributed by atoms with E-state index >= 15 is 0 Å². The number of methoxy groups -OCH3 is 1. The molecule has 38 heavy (non-hydrogen) atoms. The predicted molar refractivity (Wildman–Crippen MR) is 147 cm³/mol. The van der Waals surface area contributed by atoms with Crippen LogP contribution in [0.25, 0.3) is 10.9 Å². The molecule has 2 heterocycles. The number of amides is 2. The molecule has 2 aromatic carbocycles. The van der Waals surface area contributed by atoms with Gasteiger partial charge in [0, 0.05) is 38.3 Å². The van der Waals surface area contributed by atoms with Gasteiger partial charge in [-0.3, -0.25) is 4.90 Å². The third-order valence-electron chi connectivity index (χ3n) is 6.08. The van der Waals surface area contributed by atoms with Gasteiger partial charge in [-0.25, -0.2) is 14.8 Å². The Kier molecular flexibility index (Phi) is 10.2. The largest absolute Gasteiger partial charge is 0.493 e. The van der Waals surface area contributed by atoms with E-state index in [1.165, 1.54) is 6.33 Å². The van der Waals surface area contributed by atoms with Gasteiger partial charge in [0.05, 0.1) is 48.5 Å². The molecule has 0 bridgehead atoms. The number of nitrogens with one attached hydrogen (secondary N) is 2. The molecule has 0 spiro atoms. The van der Waals surface area contributed by atoms with E-state index in [1.807, 2.05) is 6.07 Å². The Morgan fingerprint density at radius 2 is 1.97 bits per heavy atom. The summed E-state index contributed by atoms with van der Waals surface area (Å²) >= 11 is 6.40. The van der Waals surface area contributed by atoms with E-state index in [0.29, 0.717) is 57.9 Å². The van der Waals surface area contributed by atoms with Gasteiger partial charge in [0.25, 0.3) is 0 Å². The van der Waals surface area contributed by atoms with Crippen molar-refractivity contribution in [2.45, 2.75) is 26.2 Å². The van der Waals surface area contributed by atoms with Gasteiger partial charge in [-0.15, -0.1) is 0 Å². The van der Waals surface area contributed by atoms with Crippen molar-refractivity contribution in [1.29, 1.82) is 0 Å². The van der Waals surface area contributed by atoms with Crippen molar-refractivity contribution >= 4 is 34.2 Å². The zero-order valence-electron chi connectivity index (χ0n) is 21.8. The molecule has 10 nitrogen and oxygen atoms in total. The number of nitrogens with zero attached hydrogens (tertiary/aromatic N) is 3. The minimum absolute atomic E-state index is 0.304. The van der Waals surface area contributed by atoms with Gasteiger partial charge in [0.1, 0.15) is 12.1 Å². The normalized spacial score (nSPS) is 13.8. The number of halogens is 1. The first-order valence-electron chi connectivity index (χ1n) is 12.8. The van der Waals surface area contributed by atoms with Crippen molar-refractivity contribution < 1.29 is 23.7 Å². The van der Waals surface area contributed by atoms with Crippen molar-refractivity contribution in [1.82, 2.24) is 20.2 Å². The quantitative estimate of drug-likeness (QED) is 0.304. The fourth-order valence-electron chi connectivity index (χ4n) is 4.01. The molecule has 0 atom stereocenters. The van der Waals surface area contributed by atoms with Gasteiger partial charge >= 0.3 is 6.03 Å². The van der Waals surface area contributed by atoms with E-state index in [4.69, 9.17) is 30.5 Å². The SMILES string of the molecule is CCCCNC(=O)Nc1ccc(Oc2ncnc3cc(OCCCN4CCOCC4)c(OC)cc23)cc1Cl. The molecule has 204 valence electrons. The highest BCUT2D eigenvalue weighted by Gasteiger charge is 2.15. The highest BCUT2D eigenvalue weighted by Crippen LogP contribution is 2.37. The summed E-state index contributed by atoms with van der Waals surface area (Å²) in [7, 11) is 1.59. The summed E-state index contributed by atoms with van der Waals surface area (Å²) in [5.74, 6) is 1.99. The van der Waals surface area contributed by atoms with Crippen LogP contribution < -0.4 is 24.8 Å². The Morgan fingerprint density at radius 1 is 1.13 bits per heavy atom. The molecule has 1 aromatic heterocycles. The smallest absolute Gasteiger partial charge is 0.319 e. The maximum atomic E-state index is 12.0. The van der Waals surface area contributed by atoms with Crippen LogP contribution in [0.4, 0.5) is 10.5 Å². The lowest BCUT2D eigenvalue weighted by molar-refractivity contribution is 0.0357. The summed E-state index contributed by atoms with van der Waals surface area (Å²) in [6.45, 7) is 7.67. The molecule has 0 aliphatic carbocycles. The first-order valence-corrected chi connectivity index (χ1v) is 13.2. The van der Waals surface area contributed by atoms with Gasteiger partial charge < -0.3 is 29.6 Å². The van der Waals surface area contributed by atoms with Crippen LogP contribution in [0.1, 0.15) is 26.2 Å². The molecule has 0 saturated carbocycles. The van der Waals surface area contributed by atoms with E-state index in [-0.39, 0.29) is 6.03 Å². The van der Waals surface area contributed by atoms with E-state index in [2.05, 4.69) is 32.4 Å². The summed E-state index contributed by atoms with van der Waals surface area (Å²) < 4.78 is 23.1. The van der Waals surface area contributed by atoms with E-state index < -0.39 is 0 Å². The molecule has 2 amide bonds. The summed E-state index contributed by atoms with van der Waals surface area (Å²) in [4.78, 5) is 23.1. The molecule has 1 aliphatic rings. The summed E-state index contributed by atoms with van der Waals surface area (Å²) in [6, 6.07) is 8.35. The number of hydrogen-bond donors (Lipinski definition) is 2. The molecular formula is C27H34ClN5O5. The van der Waals surface area contributed by atoms with Crippen LogP contribution in [0.15, 0.2) is 36.7 Å². The maximum absolute atomic E-state index is 12.0. The highest BCUT2D eigenvalue weighted by molar-refractivity contribution is 6.33. The Balaban J connectivity index is 1.42. The molecule has 0 unspecified atom stereocenters. The number of hydrogen-bond acceptors (Lipinski definition) is 8. The van der Waals surface area contributed by atoms with Crippen LogP contribution >= 0.6 is 11.6 Å². The van der Waals surface area contributed by atoms with E-state index in [9.17, 15) is 4.79 Å². The minimum Gasteiger partial charge on any atom is -0.493 e. The van der Waals surface area contributed by atoms with E-state index in [1.54, 1.807) is 31.4 Å². The Morgan fingerprint density at radius 3 is 2.74 bits per heavy atom. The number of carbonyl (C=O) groups is 1. The first-order chi connectivity index (χ1) is 18.6. The summed E-state index contributed by atoms with van der Waals surface area (Å²) in [6.07, 6.45) is 4.24. The third-order valence-corrected chi connectivity index (χ3v) is 6.40. The first kappa shape index (κ1) is 27.7. The van der Waals surface area contributed by atoms with Gasteiger partial charge in [-0.05, 0) is 31.0 Å². The second-order valence-electron chi connectivity index (χ2n) is 8.83. The summed E-state index contributed by atoms with van der Waals surface area (Å²) in [5.41, 5.74) is 1.14. The van der Waals surface area contributed by atoms with Crippen LogP contribution in [0.2, 0.25) is 5.02 Å². The van der Waals surface area contributed by atoms with Crippen LogP contribution in [0.3, 0.4) is 0 Å². The molecule has 11 heteroatoms. The Labute approximate surface area is 227 Å². The number of aromatic nitrogens is 2. The monoisotopic (exact) mass is 543 g/mol. The van der Waals surface area contributed by atoms with Gasteiger partial charge in [-0.1, -0.05) is 24.9 Å². The molecule has 2 N–H and O–H groups in total. The van der Waals surface area contributed by atoms with Crippen molar-refractivity contribution in [3.63, 3.8) is 0 Å². The van der Waals surface area contributed by atoms with Crippen LogP contribution in [0.5, 0.6) is 23.1 Å². The Bertz CT molecular complexity index is 1220. The molecule has 1 aliphatic heterocycles. The number of anilines is 1. The molecule has 1 fully saturated rings. The molecule has 0 radical (unpaired) electrons. The predicted octanol–water partition coefficient (Wildman–Crippen LogP) is 5.11. The number of carbonyl (C=O) groups excluding carboxylic acids is 1. The molecule has 4 rings (SSSR count). The highest BCUT2D eigenvalue weighted by atomic mass is 35.5. The number of urea groups is 1. The number of morpholine rings is 1. The van der Waals surface area contributed by atoms with Crippen molar-refractivity contribution in [2.75, 3.05) is 58.4 Å². The lowest BCUT2D eigenvalue weighted by Gasteiger charge is -2.26. The lowest BCUT2D eigenvalue weighted by Crippen LogP contribution is -2.37. The second kappa shape index (κ2) is 14.0. The minimum atomic E-state index is -0.304. The van der Waals surface area contributed by atoms with Gasteiger partial charge in [-0.2, -0.15) is 0 Å². The van der Waals surface area contributed by atoms with Crippen molar-refractivity contribution in [3.8, 4) is 23.1 Å². The van der Waals surface area contributed by atoms with Crippen LogP contribution in [-0.2, 0) is 4.74 Å². The maximum Gasteiger partial charge on any atom is 0.319 e. The second-order valence-corrected chi connectivity index (χ2v) is 9.24. The molecule has 1 saturated heterocycles. The molecular weight excluding hydrogens is 510 g/mol. The molecule has 3 aromatic rings. The van der Waals surface area contributed by atoms with Crippen molar-refractivity contribution in [2.24, 2.45) is 0 Å². The zero-order valence-corrected chi connectivity index (χ0v) is 22.6. The average Bonchev–Trinajstić information content (AvgIpc) is 2.93. The van der Waals surface area contributed by atoms with Gasteiger partial charge in [0.2, 0.25) is 5.88 Å². The number of ether oxygens (including phenoxy) is 4. The number of fused-ring (bicyclic) bond motifs is 1. The standard InChI is InChI=1S/C27H34ClN5O5/c1-3-4-8-29-27(34)32-22-7-6-19(15-21(22)28)38-26-20-16-24(35-2)25(17-23(20)30-18-31-26)37-12-5-9-33-10-13-36-14-11-33/h6-7,15-18H,3-5,8-14H2,1-2H3,(H2,29,32,34). The lowest BCUT2D eigenvalue weighted by atomic mass is 10.2. The average molecular weight is 544 g/mol.